The molecule has 0 fully saturated rings. The monoisotopic (exact) mass is 306 g/mol. The zero-order chi connectivity index (χ0) is 14.3. The number of phenolic OH excluding ortho intramolecular Hbond substituents is 1. The van der Waals surface area contributed by atoms with E-state index in [1.54, 1.807) is 0 Å². The van der Waals surface area contributed by atoms with Gasteiger partial charge in [-0.15, -0.1) is 0 Å². The molecule has 0 bridgehead atoms. The van der Waals surface area contributed by atoms with Crippen molar-refractivity contribution >= 4 is 29.0 Å². The van der Waals surface area contributed by atoms with Gasteiger partial charge in [-0.1, -0.05) is 23.2 Å². The first-order valence-corrected chi connectivity index (χ1v) is 6.64. The Morgan fingerprint density at radius 1 is 1.21 bits per heavy atom. The molecular weight excluding hydrogens is 291 g/mol. The Balaban J connectivity index is 2.25. The summed E-state index contributed by atoms with van der Waals surface area (Å²) >= 11 is 11.8. The molecule has 106 valence electrons. The molecule has 0 aliphatic rings. The third kappa shape index (κ3) is 6.14. The second-order valence-electron chi connectivity index (χ2n) is 4.05. The van der Waals surface area contributed by atoms with E-state index < -0.39 is 0 Å². The predicted molar refractivity (Wildman–Crippen MR) is 74.4 cm³/mol. The third-order valence-corrected chi connectivity index (χ3v) is 2.78. The van der Waals surface area contributed by atoms with E-state index in [2.05, 4.69) is 0 Å². The lowest BCUT2D eigenvalue weighted by molar-refractivity contribution is -0.121. The van der Waals surface area contributed by atoms with Gasteiger partial charge in [-0.2, -0.15) is 0 Å². The van der Waals surface area contributed by atoms with Crippen LogP contribution < -0.4 is 4.74 Å². The number of aromatic hydroxyl groups is 1. The van der Waals surface area contributed by atoms with E-state index in [4.69, 9.17) is 32.7 Å². The summed E-state index contributed by atoms with van der Waals surface area (Å²) in [5.41, 5.74) is 0. The van der Waals surface area contributed by atoms with Crippen molar-refractivity contribution in [2.24, 2.45) is 0 Å². The molecule has 0 aliphatic heterocycles. The summed E-state index contributed by atoms with van der Waals surface area (Å²) in [6.07, 6.45) is 1.53. The quantitative estimate of drug-likeness (QED) is 0.747. The minimum atomic E-state index is -0.0000159. The van der Waals surface area contributed by atoms with Crippen LogP contribution in [0.5, 0.6) is 11.5 Å². The zero-order valence-electron chi connectivity index (χ0n) is 10.6. The first-order valence-electron chi connectivity index (χ1n) is 5.88. The molecule has 0 amide bonds. The highest BCUT2D eigenvalue weighted by molar-refractivity contribution is 6.37. The van der Waals surface area contributed by atoms with Gasteiger partial charge in [0.25, 0.3) is 0 Å². The summed E-state index contributed by atoms with van der Waals surface area (Å²) < 4.78 is 10.6. The van der Waals surface area contributed by atoms with Crippen molar-refractivity contribution in [3.05, 3.63) is 22.2 Å². The highest BCUT2D eigenvalue weighted by Gasteiger charge is 2.09. The Hall–Kier alpha value is -0.970. The minimum absolute atomic E-state index is 0.0000159. The second kappa shape index (κ2) is 8.25. The average molecular weight is 307 g/mol. The number of carbonyl (C=O) groups excluding carboxylic acids is 1. The van der Waals surface area contributed by atoms with Gasteiger partial charge in [0.2, 0.25) is 0 Å². The van der Waals surface area contributed by atoms with Gasteiger partial charge in [0.1, 0.15) is 12.4 Å². The van der Waals surface area contributed by atoms with Crippen molar-refractivity contribution in [3.8, 4) is 11.5 Å². The topological polar surface area (TPSA) is 55.8 Å². The number of ketones is 1. The highest BCUT2D eigenvalue weighted by Crippen LogP contribution is 2.36. The van der Waals surface area contributed by atoms with Gasteiger partial charge in [0.05, 0.1) is 16.7 Å². The molecule has 1 aromatic rings. The van der Waals surface area contributed by atoms with E-state index in [0.717, 1.165) is 12.8 Å². The summed E-state index contributed by atoms with van der Waals surface area (Å²) in [7, 11) is 0. The molecule has 0 saturated carbocycles. The maximum absolute atomic E-state index is 10.6. The molecule has 0 aliphatic carbocycles. The highest BCUT2D eigenvalue weighted by atomic mass is 35.5. The van der Waals surface area contributed by atoms with Crippen molar-refractivity contribution in [3.63, 3.8) is 0 Å². The molecule has 19 heavy (non-hydrogen) atoms. The molecule has 6 heteroatoms. The van der Waals surface area contributed by atoms with Crippen molar-refractivity contribution in [1.82, 2.24) is 0 Å². The standard InChI is InChI=1S/C13H16Cl2O4/c1-9(16)8-18-4-2-3-5-19-13-11(14)6-10(17)7-12(13)15/h6-7,17H,2-5,8H2,1H3. The number of phenols is 1. The number of unbranched alkanes of at least 4 members (excludes halogenated alkanes) is 1. The van der Waals surface area contributed by atoms with Gasteiger partial charge in [0, 0.05) is 18.7 Å². The summed E-state index contributed by atoms with van der Waals surface area (Å²) in [6.45, 7) is 2.59. The molecule has 1 aromatic carbocycles. The number of hydrogen-bond donors (Lipinski definition) is 1. The van der Waals surface area contributed by atoms with Crippen LogP contribution in [0.3, 0.4) is 0 Å². The molecular formula is C13H16Cl2O4. The Morgan fingerprint density at radius 2 is 1.79 bits per heavy atom. The predicted octanol–water partition coefficient (Wildman–Crippen LogP) is 3.46. The summed E-state index contributed by atoms with van der Waals surface area (Å²) in [6, 6.07) is 2.75. The number of Topliss-reactive ketones (excluding diaryl/α,β-unsaturated/α-hetero) is 1. The van der Waals surface area contributed by atoms with Crippen LogP contribution in [0.15, 0.2) is 12.1 Å². The number of rotatable bonds is 8. The van der Waals surface area contributed by atoms with Crippen LogP contribution in [0.1, 0.15) is 19.8 Å². The first kappa shape index (κ1) is 16.1. The van der Waals surface area contributed by atoms with Gasteiger partial charge in [-0.3, -0.25) is 4.79 Å². The summed E-state index contributed by atoms with van der Waals surface area (Å²) in [5, 5.41) is 9.81. The van der Waals surface area contributed by atoms with Crippen molar-refractivity contribution in [2.75, 3.05) is 19.8 Å². The van der Waals surface area contributed by atoms with E-state index in [-0.39, 0.29) is 28.2 Å². The van der Waals surface area contributed by atoms with Crippen LogP contribution in [-0.4, -0.2) is 30.7 Å². The first-order chi connectivity index (χ1) is 9.00. The fourth-order valence-corrected chi connectivity index (χ4v) is 1.97. The van der Waals surface area contributed by atoms with Crippen molar-refractivity contribution in [2.45, 2.75) is 19.8 Å². The molecule has 0 atom stereocenters. The zero-order valence-corrected chi connectivity index (χ0v) is 12.1. The van der Waals surface area contributed by atoms with Crippen molar-refractivity contribution in [1.29, 1.82) is 0 Å². The summed E-state index contributed by atoms with van der Waals surface area (Å²) in [4.78, 5) is 10.6. The Kier molecular flexibility index (Phi) is 6.99. The number of halogens is 2. The average Bonchev–Trinajstić information content (AvgIpc) is 2.30. The third-order valence-electron chi connectivity index (χ3n) is 2.22. The van der Waals surface area contributed by atoms with Crippen LogP contribution in [0, 0.1) is 0 Å². The lowest BCUT2D eigenvalue weighted by Crippen LogP contribution is -2.06. The van der Waals surface area contributed by atoms with Crippen LogP contribution in [0.25, 0.3) is 0 Å². The maximum Gasteiger partial charge on any atom is 0.156 e. The second-order valence-corrected chi connectivity index (χ2v) is 4.86. The fourth-order valence-electron chi connectivity index (χ4n) is 1.38. The molecule has 4 nitrogen and oxygen atoms in total. The van der Waals surface area contributed by atoms with Gasteiger partial charge < -0.3 is 14.6 Å². The van der Waals surface area contributed by atoms with E-state index in [0.29, 0.717) is 19.0 Å². The Morgan fingerprint density at radius 3 is 2.37 bits per heavy atom. The van der Waals surface area contributed by atoms with E-state index in [1.807, 2.05) is 0 Å². The minimum Gasteiger partial charge on any atom is -0.508 e. The Labute approximate surface area is 122 Å². The number of carbonyl (C=O) groups is 1. The number of ether oxygens (including phenoxy) is 2. The normalized spacial score (nSPS) is 10.5. The van der Waals surface area contributed by atoms with E-state index >= 15 is 0 Å². The molecule has 0 spiro atoms. The van der Waals surface area contributed by atoms with Crippen LogP contribution in [0.2, 0.25) is 10.0 Å². The fraction of sp³-hybridized carbons (Fsp3) is 0.462. The molecule has 1 N–H and O–H groups in total. The van der Waals surface area contributed by atoms with Crippen LogP contribution >= 0.6 is 23.2 Å². The van der Waals surface area contributed by atoms with E-state index in [9.17, 15) is 9.90 Å². The molecule has 0 aromatic heterocycles. The largest absolute Gasteiger partial charge is 0.508 e. The Bertz CT molecular complexity index is 412. The van der Waals surface area contributed by atoms with Gasteiger partial charge in [-0.05, 0) is 19.8 Å². The molecule has 0 unspecified atom stereocenters. The molecule has 0 saturated heterocycles. The molecule has 0 heterocycles. The van der Waals surface area contributed by atoms with Crippen LogP contribution in [0.4, 0.5) is 0 Å². The molecule has 0 radical (unpaired) electrons. The van der Waals surface area contributed by atoms with E-state index in [1.165, 1.54) is 19.1 Å². The number of hydrogen-bond acceptors (Lipinski definition) is 4. The lowest BCUT2D eigenvalue weighted by Gasteiger charge is -2.10. The van der Waals surface area contributed by atoms with Crippen LogP contribution in [-0.2, 0) is 9.53 Å². The smallest absolute Gasteiger partial charge is 0.156 e. The van der Waals surface area contributed by atoms with Gasteiger partial charge >= 0.3 is 0 Å². The number of benzene rings is 1. The maximum atomic E-state index is 10.6. The van der Waals surface area contributed by atoms with Crippen molar-refractivity contribution < 1.29 is 19.4 Å². The van der Waals surface area contributed by atoms with Gasteiger partial charge in [-0.25, -0.2) is 0 Å². The summed E-state index contributed by atoms with van der Waals surface area (Å²) in [5.74, 6) is 0.379. The van der Waals surface area contributed by atoms with Gasteiger partial charge in [0.15, 0.2) is 11.5 Å². The lowest BCUT2D eigenvalue weighted by atomic mass is 10.3. The SMILES string of the molecule is CC(=O)COCCCCOc1c(Cl)cc(O)cc1Cl. The molecule has 1 rings (SSSR count).